The number of para-hydroxylation sites is 1. The van der Waals surface area contributed by atoms with Gasteiger partial charge in [0.15, 0.2) is 5.82 Å². The third-order valence-electron chi connectivity index (χ3n) is 3.09. The molecule has 2 aromatic heterocycles. The predicted molar refractivity (Wildman–Crippen MR) is 83.1 cm³/mol. The summed E-state index contributed by atoms with van der Waals surface area (Å²) >= 11 is 0. The Bertz CT molecular complexity index is 875. The Balaban J connectivity index is 1.79. The van der Waals surface area contributed by atoms with Gasteiger partial charge in [0.1, 0.15) is 28.8 Å². The molecule has 0 aliphatic carbocycles. The van der Waals surface area contributed by atoms with E-state index in [0.717, 1.165) is 12.1 Å². The second-order valence-corrected chi connectivity index (χ2v) is 4.93. The van der Waals surface area contributed by atoms with Crippen LogP contribution in [0.1, 0.15) is 16.2 Å². The minimum atomic E-state index is -0.865. The van der Waals surface area contributed by atoms with Gasteiger partial charge in [-0.05, 0) is 31.2 Å². The molecule has 0 aliphatic rings. The predicted octanol–water partition coefficient (Wildman–Crippen LogP) is 3.65. The van der Waals surface area contributed by atoms with Crippen LogP contribution < -0.4 is 10.6 Å². The molecule has 8 heteroatoms. The Morgan fingerprint density at radius 3 is 2.58 bits per heavy atom. The van der Waals surface area contributed by atoms with Crippen molar-refractivity contribution in [2.75, 3.05) is 10.6 Å². The molecule has 3 rings (SSSR count). The number of carbonyl (C=O) groups is 1. The van der Waals surface area contributed by atoms with Crippen LogP contribution in [0, 0.1) is 18.6 Å². The molecule has 3 aromatic rings. The first kappa shape index (κ1) is 15.6. The van der Waals surface area contributed by atoms with E-state index in [-0.39, 0.29) is 5.69 Å². The summed E-state index contributed by atoms with van der Waals surface area (Å²) < 4.78 is 32.1. The Labute approximate surface area is 135 Å². The van der Waals surface area contributed by atoms with E-state index in [4.69, 9.17) is 4.52 Å². The molecular formula is C16H12F2N4O2. The number of halogens is 2. The Hall–Kier alpha value is -3.29. The second kappa shape index (κ2) is 6.45. The van der Waals surface area contributed by atoms with Crippen LogP contribution >= 0.6 is 0 Å². The van der Waals surface area contributed by atoms with Gasteiger partial charge in [-0.1, -0.05) is 11.2 Å². The highest BCUT2D eigenvalue weighted by molar-refractivity contribution is 6.03. The van der Waals surface area contributed by atoms with Gasteiger partial charge in [0.2, 0.25) is 0 Å². The molecule has 1 amide bonds. The molecule has 0 saturated heterocycles. The molecule has 0 fully saturated rings. The van der Waals surface area contributed by atoms with E-state index in [1.165, 1.54) is 18.3 Å². The van der Waals surface area contributed by atoms with Crippen molar-refractivity contribution in [1.82, 2.24) is 10.1 Å². The molecule has 2 N–H and O–H groups in total. The fourth-order valence-electron chi connectivity index (χ4n) is 2.00. The number of pyridine rings is 1. The van der Waals surface area contributed by atoms with Gasteiger partial charge in [-0.3, -0.25) is 9.78 Å². The SMILES string of the molecule is Cc1cc(Nc2ccnc(C(=O)Nc3c(F)cccc3F)c2)no1. The number of nitrogens with zero attached hydrogens (tertiary/aromatic N) is 2. The van der Waals surface area contributed by atoms with Crippen LogP contribution in [0.5, 0.6) is 0 Å². The van der Waals surface area contributed by atoms with Crippen LogP contribution in [0.2, 0.25) is 0 Å². The molecule has 0 spiro atoms. The van der Waals surface area contributed by atoms with Crippen molar-refractivity contribution in [2.45, 2.75) is 6.92 Å². The monoisotopic (exact) mass is 330 g/mol. The highest BCUT2D eigenvalue weighted by atomic mass is 19.1. The maximum Gasteiger partial charge on any atom is 0.274 e. The minimum absolute atomic E-state index is 0.0112. The zero-order valence-electron chi connectivity index (χ0n) is 12.5. The number of hydrogen-bond donors (Lipinski definition) is 2. The first-order chi connectivity index (χ1) is 11.5. The number of nitrogens with one attached hydrogen (secondary N) is 2. The molecule has 24 heavy (non-hydrogen) atoms. The summed E-state index contributed by atoms with van der Waals surface area (Å²) in [5, 5.41) is 8.88. The van der Waals surface area contributed by atoms with Crippen LogP contribution in [0.15, 0.2) is 47.1 Å². The fourth-order valence-corrected chi connectivity index (χ4v) is 2.00. The summed E-state index contributed by atoms with van der Waals surface area (Å²) in [6.07, 6.45) is 1.39. The van der Waals surface area contributed by atoms with Gasteiger partial charge < -0.3 is 15.2 Å². The van der Waals surface area contributed by atoms with E-state index in [1.807, 2.05) is 0 Å². The number of benzene rings is 1. The van der Waals surface area contributed by atoms with Gasteiger partial charge in [0.05, 0.1) is 0 Å². The van der Waals surface area contributed by atoms with Crippen molar-refractivity contribution in [3.8, 4) is 0 Å². The number of carbonyl (C=O) groups excluding carboxylic acids is 1. The molecule has 0 atom stereocenters. The number of hydrogen-bond acceptors (Lipinski definition) is 5. The quantitative estimate of drug-likeness (QED) is 0.763. The summed E-state index contributed by atoms with van der Waals surface area (Å²) in [6, 6.07) is 8.04. The highest BCUT2D eigenvalue weighted by Crippen LogP contribution is 2.20. The van der Waals surface area contributed by atoms with Crippen molar-refractivity contribution in [3.63, 3.8) is 0 Å². The molecule has 122 valence electrons. The fraction of sp³-hybridized carbons (Fsp3) is 0.0625. The maximum absolute atomic E-state index is 13.6. The smallest absolute Gasteiger partial charge is 0.274 e. The second-order valence-electron chi connectivity index (χ2n) is 4.93. The van der Waals surface area contributed by atoms with Crippen LogP contribution in [-0.4, -0.2) is 16.0 Å². The molecule has 0 aliphatic heterocycles. The molecular weight excluding hydrogens is 318 g/mol. The van der Waals surface area contributed by atoms with E-state index in [1.54, 1.807) is 19.1 Å². The lowest BCUT2D eigenvalue weighted by Crippen LogP contribution is -2.16. The molecule has 0 saturated carbocycles. The normalized spacial score (nSPS) is 10.5. The molecule has 6 nitrogen and oxygen atoms in total. The van der Waals surface area contributed by atoms with E-state index in [9.17, 15) is 13.6 Å². The summed E-state index contributed by atoms with van der Waals surface area (Å²) in [5.41, 5.74) is -0.00452. The standard InChI is InChI=1S/C16H12F2N4O2/c1-9-7-14(22-24-9)20-10-5-6-19-13(8-10)16(23)21-15-11(17)3-2-4-12(15)18/h2-8H,1H3,(H,21,23)(H,19,20,22). The molecule has 0 unspecified atom stereocenters. The Morgan fingerprint density at radius 1 is 1.17 bits per heavy atom. The summed E-state index contributed by atoms with van der Waals surface area (Å²) in [4.78, 5) is 16.1. The largest absolute Gasteiger partial charge is 0.360 e. The van der Waals surface area contributed by atoms with Crippen molar-refractivity contribution < 1.29 is 18.1 Å². The van der Waals surface area contributed by atoms with Crippen LogP contribution in [0.4, 0.5) is 26.0 Å². The number of aromatic nitrogens is 2. The summed E-state index contributed by atoms with van der Waals surface area (Å²) in [6.45, 7) is 1.74. The lowest BCUT2D eigenvalue weighted by atomic mass is 10.2. The Morgan fingerprint density at radius 2 is 1.92 bits per heavy atom. The average molecular weight is 330 g/mol. The maximum atomic E-state index is 13.6. The lowest BCUT2D eigenvalue weighted by molar-refractivity contribution is 0.102. The number of anilines is 3. The molecule has 1 aromatic carbocycles. The minimum Gasteiger partial charge on any atom is -0.360 e. The molecule has 2 heterocycles. The van der Waals surface area contributed by atoms with Crippen molar-refractivity contribution >= 4 is 23.1 Å². The Kier molecular flexibility index (Phi) is 4.19. The van der Waals surface area contributed by atoms with Crippen LogP contribution in [0.3, 0.4) is 0 Å². The first-order valence-electron chi connectivity index (χ1n) is 6.94. The van der Waals surface area contributed by atoms with E-state index >= 15 is 0 Å². The van der Waals surface area contributed by atoms with Gasteiger partial charge in [-0.2, -0.15) is 0 Å². The van der Waals surface area contributed by atoms with Gasteiger partial charge >= 0.3 is 0 Å². The molecule has 0 radical (unpaired) electrons. The van der Waals surface area contributed by atoms with Gasteiger partial charge in [0.25, 0.3) is 5.91 Å². The number of rotatable bonds is 4. The van der Waals surface area contributed by atoms with Crippen molar-refractivity contribution in [3.05, 3.63) is 65.7 Å². The van der Waals surface area contributed by atoms with Crippen LogP contribution in [0.25, 0.3) is 0 Å². The van der Waals surface area contributed by atoms with Crippen molar-refractivity contribution in [1.29, 1.82) is 0 Å². The average Bonchev–Trinajstić information content (AvgIpc) is 2.96. The van der Waals surface area contributed by atoms with Gasteiger partial charge in [-0.25, -0.2) is 8.78 Å². The number of amides is 1. The lowest BCUT2D eigenvalue weighted by Gasteiger charge is -2.08. The molecule has 0 bridgehead atoms. The van der Waals surface area contributed by atoms with Gasteiger partial charge in [0, 0.05) is 18.0 Å². The zero-order chi connectivity index (χ0) is 17.1. The first-order valence-corrected chi connectivity index (χ1v) is 6.94. The van der Waals surface area contributed by atoms with Crippen molar-refractivity contribution in [2.24, 2.45) is 0 Å². The zero-order valence-corrected chi connectivity index (χ0v) is 12.5. The summed E-state index contributed by atoms with van der Waals surface area (Å²) in [5.74, 6) is -1.38. The van der Waals surface area contributed by atoms with E-state index in [2.05, 4.69) is 20.8 Å². The number of aryl methyl sites for hydroxylation is 1. The van der Waals surface area contributed by atoms with E-state index in [0.29, 0.717) is 17.3 Å². The van der Waals surface area contributed by atoms with E-state index < -0.39 is 23.2 Å². The highest BCUT2D eigenvalue weighted by Gasteiger charge is 2.15. The van der Waals surface area contributed by atoms with Crippen LogP contribution in [-0.2, 0) is 0 Å². The third kappa shape index (κ3) is 3.37. The summed E-state index contributed by atoms with van der Waals surface area (Å²) in [7, 11) is 0. The third-order valence-corrected chi connectivity index (χ3v) is 3.09. The van der Waals surface area contributed by atoms with Gasteiger partial charge in [-0.15, -0.1) is 0 Å². The topological polar surface area (TPSA) is 80.0 Å².